The first-order valence-corrected chi connectivity index (χ1v) is 15.5. The van der Waals surface area contributed by atoms with Crippen LogP contribution in [0.1, 0.15) is 78.7 Å². The molecule has 2 aliphatic rings. The highest BCUT2D eigenvalue weighted by atomic mass is 16.6. The first kappa shape index (κ1) is 28.9. The maximum atomic E-state index is 13.4. The zero-order valence-corrected chi connectivity index (χ0v) is 26.2. The molecule has 0 radical (unpaired) electrons. The average molecular weight is 575 g/mol. The Hall–Kier alpha value is -4.25. The van der Waals surface area contributed by atoms with Gasteiger partial charge in [-0.25, -0.2) is 4.79 Å². The zero-order chi connectivity index (χ0) is 30.3. The Morgan fingerprint density at radius 3 is 2.14 bits per heavy atom. The van der Waals surface area contributed by atoms with E-state index in [1.54, 1.807) is 0 Å². The molecule has 0 bridgehead atoms. The summed E-state index contributed by atoms with van der Waals surface area (Å²) in [5, 5.41) is 3.58. The standard InChI is InChI=1S/C38H42N2O3/c1-24(2)17-19-40(20-18-25(3)4)29-15-16-32-36(22-29)42-35-21-27(6)34(39-28-13-11-26(5)12-14-28)23-33(35)38(32)31-10-8-7-9-30(31)37(41)43-38/h7-16,21-25,39H,17-20H2,1-6H3. The summed E-state index contributed by atoms with van der Waals surface area (Å²) in [5.74, 6) is 2.35. The molecule has 5 heteroatoms. The number of carbonyl (C=O) groups excluding carboxylic acids is 1. The second-order valence-corrected chi connectivity index (χ2v) is 12.9. The molecule has 2 heterocycles. The van der Waals surface area contributed by atoms with Crippen LogP contribution >= 0.6 is 0 Å². The van der Waals surface area contributed by atoms with Crippen molar-refractivity contribution in [2.75, 3.05) is 23.3 Å². The van der Waals surface area contributed by atoms with E-state index in [9.17, 15) is 4.79 Å². The van der Waals surface area contributed by atoms with Gasteiger partial charge in [0.15, 0.2) is 5.60 Å². The Bertz CT molecular complexity index is 1640. The van der Waals surface area contributed by atoms with Crippen LogP contribution in [0.15, 0.2) is 78.9 Å². The van der Waals surface area contributed by atoms with E-state index in [2.05, 4.69) is 106 Å². The molecule has 43 heavy (non-hydrogen) atoms. The fraction of sp³-hybridized carbons (Fsp3) is 0.342. The highest BCUT2D eigenvalue weighted by Gasteiger charge is 2.53. The molecule has 0 amide bonds. The van der Waals surface area contributed by atoms with Crippen LogP contribution in [-0.2, 0) is 10.3 Å². The molecule has 0 aromatic heterocycles. The molecule has 0 fully saturated rings. The number of ether oxygens (including phenoxy) is 2. The Balaban J connectivity index is 1.48. The van der Waals surface area contributed by atoms with Gasteiger partial charge in [-0.2, -0.15) is 0 Å². The van der Waals surface area contributed by atoms with Crippen LogP contribution < -0.4 is 15.0 Å². The lowest BCUT2D eigenvalue weighted by Crippen LogP contribution is -2.33. The van der Waals surface area contributed by atoms with E-state index >= 15 is 0 Å². The Labute approximate surface area is 255 Å². The summed E-state index contributed by atoms with van der Waals surface area (Å²) in [6.07, 6.45) is 2.23. The molecular formula is C38H42N2O3. The molecule has 4 aromatic rings. The van der Waals surface area contributed by atoms with Gasteiger partial charge in [-0.3, -0.25) is 0 Å². The number of nitrogens with zero attached hydrogens (tertiary/aromatic N) is 1. The normalized spacial score (nSPS) is 16.5. The number of anilines is 3. The predicted molar refractivity (Wildman–Crippen MR) is 175 cm³/mol. The van der Waals surface area contributed by atoms with Crippen LogP contribution in [0, 0.1) is 25.7 Å². The molecule has 5 nitrogen and oxygen atoms in total. The van der Waals surface area contributed by atoms with E-state index in [0.29, 0.717) is 23.1 Å². The number of aryl methyl sites for hydroxylation is 2. The van der Waals surface area contributed by atoms with E-state index in [-0.39, 0.29) is 5.97 Å². The lowest BCUT2D eigenvalue weighted by molar-refractivity contribution is 0.0224. The maximum absolute atomic E-state index is 13.4. The van der Waals surface area contributed by atoms with Crippen LogP contribution in [0.4, 0.5) is 17.1 Å². The number of fused-ring (bicyclic) bond motifs is 6. The number of hydrogen-bond acceptors (Lipinski definition) is 5. The molecule has 1 spiro atoms. The van der Waals surface area contributed by atoms with E-state index in [1.165, 1.54) is 5.56 Å². The van der Waals surface area contributed by atoms with Crippen LogP contribution in [0.25, 0.3) is 0 Å². The van der Waals surface area contributed by atoms with Gasteiger partial charge in [0, 0.05) is 52.9 Å². The molecule has 222 valence electrons. The van der Waals surface area contributed by atoms with Crippen molar-refractivity contribution >= 4 is 23.0 Å². The van der Waals surface area contributed by atoms with E-state index < -0.39 is 5.60 Å². The molecule has 0 saturated carbocycles. The number of benzene rings is 4. The molecule has 0 aliphatic carbocycles. The molecule has 1 N–H and O–H groups in total. The summed E-state index contributed by atoms with van der Waals surface area (Å²) >= 11 is 0. The van der Waals surface area contributed by atoms with Crippen molar-refractivity contribution in [3.8, 4) is 11.5 Å². The summed E-state index contributed by atoms with van der Waals surface area (Å²) < 4.78 is 13.2. The number of esters is 1. The first-order chi connectivity index (χ1) is 20.7. The monoisotopic (exact) mass is 574 g/mol. The minimum absolute atomic E-state index is 0.317. The molecule has 0 saturated heterocycles. The van der Waals surface area contributed by atoms with Crippen molar-refractivity contribution in [2.45, 2.75) is 60.0 Å². The van der Waals surface area contributed by atoms with Gasteiger partial charge in [-0.05, 0) is 86.6 Å². The van der Waals surface area contributed by atoms with Crippen LogP contribution in [0.3, 0.4) is 0 Å². The fourth-order valence-corrected chi connectivity index (χ4v) is 6.13. The molecular weight excluding hydrogens is 532 g/mol. The summed E-state index contributed by atoms with van der Waals surface area (Å²) in [6.45, 7) is 15.2. The quantitative estimate of drug-likeness (QED) is 0.202. The second-order valence-electron chi connectivity index (χ2n) is 12.9. The number of nitrogens with one attached hydrogen (secondary N) is 1. The zero-order valence-electron chi connectivity index (χ0n) is 26.2. The fourth-order valence-electron chi connectivity index (χ4n) is 6.13. The summed E-state index contributed by atoms with van der Waals surface area (Å²) in [6, 6.07) is 26.6. The van der Waals surface area contributed by atoms with Gasteiger partial charge in [-0.1, -0.05) is 63.6 Å². The third-order valence-corrected chi connectivity index (χ3v) is 8.69. The van der Waals surface area contributed by atoms with Gasteiger partial charge in [0.05, 0.1) is 5.56 Å². The van der Waals surface area contributed by atoms with Crippen LogP contribution in [0.2, 0.25) is 0 Å². The summed E-state index contributed by atoms with van der Waals surface area (Å²) in [5.41, 5.74) is 7.33. The van der Waals surface area contributed by atoms with Crippen LogP contribution in [0.5, 0.6) is 11.5 Å². The van der Waals surface area contributed by atoms with Crippen molar-refractivity contribution in [1.29, 1.82) is 0 Å². The third-order valence-electron chi connectivity index (χ3n) is 8.69. The molecule has 2 aliphatic heterocycles. The largest absolute Gasteiger partial charge is 0.456 e. The van der Waals surface area contributed by atoms with Gasteiger partial charge < -0.3 is 19.7 Å². The minimum Gasteiger partial charge on any atom is -0.456 e. The Kier molecular flexibility index (Phi) is 7.68. The van der Waals surface area contributed by atoms with Crippen molar-refractivity contribution in [3.05, 3.63) is 112 Å². The van der Waals surface area contributed by atoms with Gasteiger partial charge >= 0.3 is 5.97 Å². The van der Waals surface area contributed by atoms with E-state index in [1.807, 2.05) is 24.3 Å². The van der Waals surface area contributed by atoms with Crippen molar-refractivity contribution in [1.82, 2.24) is 0 Å². The summed E-state index contributed by atoms with van der Waals surface area (Å²) in [4.78, 5) is 15.9. The minimum atomic E-state index is -1.10. The molecule has 1 unspecified atom stereocenters. The topological polar surface area (TPSA) is 50.8 Å². The molecule has 6 rings (SSSR count). The number of hydrogen-bond donors (Lipinski definition) is 1. The predicted octanol–water partition coefficient (Wildman–Crippen LogP) is 9.51. The summed E-state index contributed by atoms with van der Waals surface area (Å²) in [7, 11) is 0. The van der Waals surface area contributed by atoms with Gasteiger partial charge in [0.2, 0.25) is 0 Å². The molecule has 1 atom stereocenters. The highest BCUT2D eigenvalue weighted by molar-refractivity contribution is 5.97. The van der Waals surface area contributed by atoms with Gasteiger partial charge in [0.25, 0.3) is 0 Å². The molecule has 4 aromatic carbocycles. The lowest BCUT2D eigenvalue weighted by Gasteiger charge is -2.38. The van der Waals surface area contributed by atoms with Crippen LogP contribution in [-0.4, -0.2) is 19.1 Å². The van der Waals surface area contributed by atoms with E-state index in [4.69, 9.17) is 9.47 Å². The van der Waals surface area contributed by atoms with Gasteiger partial charge in [0.1, 0.15) is 11.5 Å². The Morgan fingerprint density at radius 1 is 0.767 bits per heavy atom. The second kappa shape index (κ2) is 11.4. The maximum Gasteiger partial charge on any atom is 0.340 e. The highest BCUT2D eigenvalue weighted by Crippen LogP contribution is 2.57. The first-order valence-electron chi connectivity index (χ1n) is 15.5. The SMILES string of the molecule is Cc1ccc(Nc2cc3c(cc2C)Oc2cc(N(CCC(C)C)CCC(C)C)ccc2C32OC(=O)c3ccccc32)cc1. The number of carbonyl (C=O) groups is 1. The van der Waals surface area contributed by atoms with Crippen molar-refractivity contribution < 1.29 is 14.3 Å². The Morgan fingerprint density at radius 2 is 1.44 bits per heavy atom. The van der Waals surface area contributed by atoms with E-state index in [0.717, 1.165) is 71.0 Å². The lowest BCUT2D eigenvalue weighted by atomic mass is 9.77. The van der Waals surface area contributed by atoms with Crippen molar-refractivity contribution in [2.24, 2.45) is 11.8 Å². The van der Waals surface area contributed by atoms with Gasteiger partial charge in [-0.15, -0.1) is 0 Å². The van der Waals surface area contributed by atoms with Crippen molar-refractivity contribution in [3.63, 3.8) is 0 Å². The average Bonchev–Trinajstić information content (AvgIpc) is 3.27. The smallest absolute Gasteiger partial charge is 0.340 e. The third kappa shape index (κ3) is 5.37. The number of rotatable bonds is 9.